The molecule has 3 amide bonds. The van der Waals surface area contributed by atoms with E-state index in [1.165, 1.54) is 0 Å². The van der Waals surface area contributed by atoms with E-state index in [1.807, 2.05) is 93.3 Å². The van der Waals surface area contributed by atoms with E-state index in [-0.39, 0.29) is 48.7 Å². The molecule has 0 aliphatic carbocycles. The van der Waals surface area contributed by atoms with Crippen molar-refractivity contribution in [2.75, 3.05) is 39.5 Å². The Kier molecular flexibility index (Phi) is 15.5. The molecule has 52 heavy (non-hydrogen) atoms. The summed E-state index contributed by atoms with van der Waals surface area (Å²) in [6, 6.07) is 16.6. The molecule has 3 N–H and O–H groups in total. The second kappa shape index (κ2) is 19.8. The number of ether oxygens (including phenoxy) is 2. The standard InChI is InChI=1S/C41H58N4O7/c1-28(2)22-32(25-36(46)33(17-16-30-12-8-6-9-13-30)42-37(47)26-45-18-20-51-21-19-45)39(49)44-35(24-31-14-10-7-11-15-31)40(50)43-34(23-29(3)4)38(48)41(5)27-52-41/h6-15,28-29,32-35H,16-27H2,1-5H3,(H,42,47)(H,43,50)(H,44,49). The van der Waals surface area contributed by atoms with Crippen molar-refractivity contribution in [3.8, 4) is 0 Å². The van der Waals surface area contributed by atoms with Gasteiger partial charge in [0.15, 0.2) is 11.6 Å². The lowest BCUT2D eigenvalue weighted by atomic mass is 9.88. The Morgan fingerprint density at radius 3 is 1.90 bits per heavy atom. The van der Waals surface area contributed by atoms with Crippen LogP contribution in [0.3, 0.4) is 0 Å². The van der Waals surface area contributed by atoms with Crippen LogP contribution in [-0.2, 0) is 46.3 Å². The van der Waals surface area contributed by atoms with E-state index in [1.54, 1.807) is 6.92 Å². The van der Waals surface area contributed by atoms with Gasteiger partial charge in [-0.3, -0.25) is 28.9 Å². The molecular weight excluding hydrogens is 660 g/mol. The van der Waals surface area contributed by atoms with Crippen LogP contribution in [0.15, 0.2) is 60.7 Å². The Balaban J connectivity index is 1.51. The number of morpholine rings is 1. The summed E-state index contributed by atoms with van der Waals surface area (Å²) in [5.41, 5.74) is 0.973. The minimum absolute atomic E-state index is 0.0796. The summed E-state index contributed by atoms with van der Waals surface area (Å²) in [4.78, 5) is 70.7. The highest BCUT2D eigenvalue weighted by atomic mass is 16.6. The predicted octanol–water partition coefficient (Wildman–Crippen LogP) is 3.67. The van der Waals surface area contributed by atoms with Crippen molar-refractivity contribution in [1.29, 1.82) is 0 Å². The van der Waals surface area contributed by atoms with Gasteiger partial charge in [-0.15, -0.1) is 0 Å². The van der Waals surface area contributed by atoms with Crippen LogP contribution in [-0.4, -0.2) is 97.4 Å². The summed E-state index contributed by atoms with van der Waals surface area (Å²) in [7, 11) is 0. The quantitative estimate of drug-likeness (QED) is 0.166. The van der Waals surface area contributed by atoms with Crippen molar-refractivity contribution in [3.63, 3.8) is 0 Å². The molecule has 2 saturated heterocycles. The summed E-state index contributed by atoms with van der Waals surface area (Å²) in [5.74, 6) is -2.05. The molecule has 0 saturated carbocycles. The molecule has 2 heterocycles. The minimum Gasteiger partial charge on any atom is -0.379 e. The number of benzene rings is 2. The van der Waals surface area contributed by atoms with Crippen LogP contribution in [0.4, 0.5) is 0 Å². The molecule has 2 aromatic rings. The van der Waals surface area contributed by atoms with Gasteiger partial charge >= 0.3 is 0 Å². The molecule has 2 aliphatic rings. The van der Waals surface area contributed by atoms with Crippen molar-refractivity contribution in [3.05, 3.63) is 71.8 Å². The third kappa shape index (κ3) is 13.2. The Labute approximate surface area is 309 Å². The summed E-state index contributed by atoms with van der Waals surface area (Å²) < 4.78 is 10.8. The largest absolute Gasteiger partial charge is 0.379 e. The lowest BCUT2D eigenvalue weighted by Gasteiger charge is -2.28. The first-order chi connectivity index (χ1) is 24.8. The van der Waals surface area contributed by atoms with E-state index in [9.17, 15) is 24.0 Å². The zero-order chi connectivity index (χ0) is 37.7. The second-order valence-corrected chi connectivity index (χ2v) is 15.4. The fourth-order valence-electron chi connectivity index (χ4n) is 6.65. The third-order valence-corrected chi connectivity index (χ3v) is 9.69. The van der Waals surface area contributed by atoms with E-state index in [2.05, 4.69) is 16.0 Å². The van der Waals surface area contributed by atoms with Gasteiger partial charge in [-0.2, -0.15) is 0 Å². The number of rotatable bonds is 21. The number of aryl methyl sites for hydroxylation is 1. The van der Waals surface area contributed by atoms with Crippen molar-refractivity contribution in [2.45, 2.75) is 96.9 Å². The van der Waals surface area contributed by atoms with Gasteiger partial charge in [0.2, 0.25) is 17.7 Å². The third-order valence-electron chi connectivity index (χ3n) is 9.69. The Morgan fingerprint density at radius 1 is 0.750 bits per heavy atom. The number of hydrogen-bond donors (Lipinski definition) is 3. The van der Waals surface area contributed by atoms with E-state index >= 15 is 0 Å². The van der Waals surface area contributed by atoms with Crippen LogP contribution in [0.2, 0.25) is 0 Å². The SMILES string of the molecule is CC(C)CC(CC(=O)C(CCc1ccccc1)NC(=O)CN1CCOCC1)C(=O)NC(Cc1ccccc1)C(=O)NC(CC(C)C)C(=O)C1(C)CO1. The smallest absolute Gasteiger partial charge is 0.243 e. The number of ketones is 2. The minimum atomic E-state index is -0.989. The Hall–Kier alpha value is -3.93. The van der Waals surface area contributed by atoms with Crippen molar-refractivity contribution in [1.82, 2.24) is 20.9 Å². The average Bonchev–Trinajstić information content (AvgIpc) is 3.87. The second-order valence-electron chi connectivity index (χ2n) is 15.4. The zero-order valence-corrected chi connectivity index (χ0v) is 31.5. The van der Waals surface area contributed by atoms with Gasteiger partial charge in [0, 0.05) is 31.8 Å². The fourth-order valence-corrected chi connectivity index (χ4v) is 6.65. The number of Topliss-reactive ketones (excluding diaryl/α,β-unsaturated/α-hetero) is 2. The molecule has 5 atom stereocenters. The molecule has 2 aromatic carbocycles. The van der Waals surface area contributed by atoms with Gasteiger partial charge in [0.05, 0.1) is 38.4 Å². The van der Waals surface area contributed by atoms with Crippen LogP contribution < -0.4 is 16.0 Å². The summed E-state index contributed by atoms with van der Waals surface area (Å²) >= 11 is 0. The van der Waals surface area contributed by atoms with Gasteiger partial charge < -0.3 is 25.4 Å². The maximum absolute atomic E-state index is 14.1. The number of hydrogen-bond acceptors (Lipinski definition) is 8. The molecule has 0 aromatic heterocycles. The molecule has 2 fully saturated rings. The van der Waals surface area contributed by atoms with Gasteiger partial charge in [0.25, 0.3) is 0 Å². The first kappa shape index (κ1) is 40.8. The lowest BCUT2D eigenvalue weighted by molar-refractivity contribution is -0.135. The molecule has 284 valence electrons. The highest BCUT2D eigenvalue weighted by Gasteiger charge is 2.50. The molecule has 4 rings (SSSR count). The monoisotopic (exact) mass is 718 g/mol. The van der Waals surface area contributed by atoms with Crippen molar-refractivity contribution >= 4 is 29.3 Å². The molecule has 5 unspecified atom stereocenters. The Bertz CT molecular complexity index is 1470. The zero-order valence-electron chi connectivity index (χ0n) is 31.5. The van der Waals surface area contributed by atoms with Crippen LogP contribution >= 0.6 is 0 Å². The average molecular weight is 719 g/mol. The van der Waals surface area contributed by atoms with Gasteiger partial charge in [-0.25, -0.2) is 0 Å². The molecule has 11 nitrogen and oxygen atoms in total. The maximum atomic E-state index is 14.1. The number of carbonyl (C=O) groups is 5. The number of epoxide rings is 1. The van der Waals surface area contributed by atoms with Crippen LogP contribution in [0.5, 0.6) is 0 Å². The van der Waals surface area contributed by atoms with E-state index in [0.29, 0.717) is 58.6 Å². The molecule has 0 spiro atoms. The van der Waals surface area contributed by atoms with E-state index in [0.717, 1.165) is 11.1 Å². The summed E-state index contributed by atoms with van der Waals surface area (Å²) in [6.07, 6.45) is 1.92. The number of amides is 3. The number of carbonyl (C=O) groups excluding carboxylic acids is 5. The number of nitrogens with zero attached hydrogens (tertiary/aromatic N) is 1. The highest BCUT2D eigenvalue weighted by molar-refractivity contribution is 5.98. The molecule has 0 bridgehead atoms. The van der Waals surface area contributed by atoms with Gasteiger partial charge in [0.1, 0.15) is 11.6 Å². The van der Waals surface area contributed by atoms with Crippen LogP contribution in [0, 0.1) is 17.8 Å². The predicted molar refractivity (Wildman–Crippen MR) is 199 cm³/mol. The van der Waals surface area contributed by atoms with E-state index in [4.69, 9.17) is 9.47 Å². The molecule has 11 heteroatoms. The van der Waals surface area contributed by atoms with Crippen molar-refractivity contribution in [2.24, 2.45) is 17.8 Å². The van der Waals surface area contributed by atoms with Gasteiger partial charge in [-0.1, -0.05) is 88.4 Å². The summed E-state index contributed by atoms with van der Waals surface area (Å²) in [6.45, 7) is 12.5. The van der Waals surface area contributed by atoms with E-state index < -0.39 is 41.5 Å². The normalized spacial score (nSPS) is 19.7. The molecule has 0 radical (unpaired) electrons. The maximum Gasteiger partial charge on any atom is 0.243 e. The molecular formula is C41H58N4O7. The first-order valence-corrected chi connectivity index (χ1v) is 18.8. The fraction of sp³-hybridized carbons (Fsp3) is 0.585. The van der Waals surface area contributed by atoms with Crippen LogP contribution in [0.25, 0.3) is 0 Å². The van der Waals surface area contributed by atoms with Crippen LogP contribution in [0.1, 0.15) is 71.4 Å². The highest BCUT2D eigenvalue weighted by Crippen LogP contribution is 2.30. The first-order valence-electron chi connectivity index (χ1n) is 18.8. The number of nitrogens with one attached hydrogen (secondary N) is 3. The summed E-state index contributed by atoms with van der Waals surface area (Å²) in [5, 5.41) is 8.88. The lowest BCUT2D eigenvalue weighted by Crippen LogP contribution is -2.55. The molecule has 2 aliphatic heterocycles. The van der Waals surface area contributed by atoms with Crippen molar-refractivity contribution < 1.29 is 33.4 Å². The Morgan fingerprint density at radius 2 is 1.33 bits per heavy atom. The van der Waals surface area contributed by atoms with Gasteiger partial charge in [-0.05, 0) is 55.6 Å². The topological polar surface area (TPSA) is 146 Å².